The molecule has 0 bridgehead atoms. The van der Waals surface area contributed by atoms with Crippen LogP contribution in [0.15, 0.2) is 15.5 Å². The molecule has 0 aliphatic rings. The van der Waals surface area contributed by atoms with Gasteiger partial charge in [-0.2, -0.15) is 0 Å². The fraction of sp³-hybridized carbons (Fsp3) is 0.200. The van der Waals surface area contributed by atoms with Crippen molar-refractivity contribution in [1.29, 1.82) is 0 Å². The van der Waals surface area contributed by atoms with Gasteiger partial charge in [0.25, 0.3) is 0 Å². The molecule has 1 aromatic rings. The van der Waals surface area contributed by atoms with Crippen molar-refractivity contribution < 1.29 is 14.3 Å². The van der Waals surface area contributed by atoms with E-state index in [1.807, 2.05) is 0 Å². The van der Waals surface area contributed by atoms with Crippen molar-refractivity contribution in [2.45, 2.75) is 6.54 Å². The largest absolute Gasteiger partial charge is 0.492 e. The van der Waals surface area contributed by atoms with E-state index in [2.05, 4.69) is 4.42 Å². The van der Waals surface area contributed by atoms with Crippen LogP contribution in [0.3, 0.4) is 0 Å². The van der Waals surface area contributed by atoms with E-state index in [4.69, 9.17) is 5.11 Å². The lowest BCUT2D eigenvalue weighted by atomic mass is 10.7. The molecule has 1 aromatic heterocycles. The summed E-state index contributed by atoms with van der Waals surface area (Å²) in [6.07, 6.45) is 1.38. The maximum atomic E-state index is 10.5. The second-order valence-corrected chi connectivity index (χ2v) is 1.64. The van der Waals surface area contributed by atoms with Crippen molar-refractivity contribution in [3.05, 3.63) is 16.8 Å². The average molecular weight is 143 g/mol. The Balaban J connectivity index is 3.10. The van der Waals surface area contributed by atoms with E-state index < -0.39 is 5.76 Å². The number of aromatic hydroxyl groups is 1. The predicted molar refractivity (Wildman–Crippen MR) is 30.7 cm³/mol. The van der Waals surface area contributed by atoms with Crippen LogP contribution in [0.4, 0.5) is 0 Å². The lowest BCUT2D eigenvalue weighted by molar-refractivity contribution is -0.108. The molecule has 0 aliphatic heterocycles. The number of hydrogen-bond donors (Lipinski definition) is 1. The molecular formula is C5H5NO4. The SMILES string of the molecule is O=CCn1c(O)coc1=O. The molecule has 0 aliphatic carbocycles. The van der Waals surface area contributed by atoms with E-state index in [1.165, 1.54) is 0 Å². The highest BCUT2D eigenvalue weighted by Gasteiger charge is 2.03. The standard InChI is InChI=1S/C5H5NO4/c7-2-1-6-4(8)3-10-5(6)9/h2-3,8H,1H2. The molecule has 0 unspecified atom stereocenters. The second-order valence-electron chi connectivity index (χ2n) is 1.64. The first-order valence-corrected chi connectivity index (χ1v) is 2.56. The number of aldehydes is 1. The normalized spacial score (nSPS) is 9.60. The van der Waals surface area contributed by atoms with Crippen molar-refractivity contribution >= 4 is 6.29 Å². The third kappa shape index (κ3) is 0.928. The minimum atomic E-state index is -0.732. The molecule has 54 valence electrons. The number of oxazole rings is 1. The Hall–Kier alpha value is -1.52. The van der Waals surface area contributed by atoms with Crippen LogP contribution in [0.1, 0.15) is 0 Å². The van der Waals surface area contributed by atoms with Gasteiger partial charge in [-0.3, -0.25) is 0 Å². The van der Waals surface area contributed by atoms with Crippen molar-refractivity contribution in [2.24, 2.45) is 0 Å². The highest BCUT2D eigenvalue weighted by molar-refractivity contribution is 5.49. The smallest absolute Gasteiger partial charge is 0.422 e. The van der Waals surface area contributed by atoms with Crippen LogP contribution in [0.25, 0.3) is 0 Å². The van der Waals surface area contributed by atoms with Crippen molar-refractivity contribution in [2.75, 3.05) is 0 Å². The van der Waals surface area contributed by atoms with Crippen molar-refractivity contribution in [3.8, 4) is 5.88 Å². The maximum absolute atomic E-state index is 10.5. The summed E-state index contributed by atoms with van der Waals surface area (Å²) >= 11 is 0. The maximum Gasteiger partial charge on any atom is 0.422 e. The Labute approximate surface area is 55.5 Å². The average Bonchev–Trinajstić information content (AvgIpc) is 2.20. The van der Waals surface area contributed by atoms with E-state index in [0.717, 1.165) is 10.8 Å². The van der Waals surface area contributed by atoms with Gasteiger partial charge in [0.1, 0.15) is 6.29 Å². The molecule has 5 nitrogen and oxygen atoms in total. The topological polar surface area (TPSA) is 72.4 Å². The molecule has 10 heavy (non-hydrogen) atoms. The van der Waals surface area contributed by atoms with Gasteiger partial charge in [-0.05, 0) is 0 Å². The molecule has 1 heterocycles. The fourth-order valence-corrected chi connectivity index (χ4v) is 0.566. The summed E-state index contributed by atoms with van der Waals surface area (Å²) in [6.45, 7) is -0.179. The molecule has 0 radical (unpaired) electrons. The molecule has 1 N–H and O–H groups in total. The molecule has 1 rings (SSSR count). The number of rotatable bonds is 2. The number of hydrogen-bond acceptors (Lipinski definition) is 4. The van der Waals surface area contributed by atoms with Gasteiger partial charge in [0, 0.05) is 0 Å². The monoisotopic (exact) mass is 143 g/mol. The highest BCUT2D eigenvalue weighted by Crippen LogP contribution is 2.02. The number of carbonyl (C=O) groups is 1. The van der Waals surface area contributed by atoms with Crippen LogP contribution < -0.4 is 5.76 Å². The fourth-order valence-electron chi connectivity index (χ4n) is 0.566. The number of nitrogens with zero attached hydrogens (tertiary/aromatic N) is 1. The predicted octanol–water partition coefficient (Wildman–Crippen LogP) is -0.654. The molecule has 0 aromatic carbocycles. The van der Waals surface area contributed by atoms with Gasteiger partial charge in [-0.1, -0.05) is 0 Å². The first-order chi connectivity index (χ1) is 4.75. The highest BCUT2D eigenvalue weighted by atomic mass is 16.4. The van der Waals surface area contributed by atoms with Crippen molar-refractivity contribution in [1.82, 2.24) is 4.57 Å². The Kier molecular flexibility index (Phi) is 1.57. The molecule has 0 saturated heterocycles. The zero-order valence-electron chi connectivity index (χ0n) is 4.98. The Morgan fingerprint density at radius 3 is 2.90 bits per heavy atom. The first kappa shape index (κ1) is 6.60. The van der Waals surface area contributed by atoms with Gasteiger partial charge in [0.15, 0.2) is 6.26 Å². The zero-order valence-corrected chi connectivity index (χ0v) is 4.98. The Morgan fingerprint density at radius 1 is 1.80 bits per heavy atom. The summed E-state index contributed by atoms with van der Waals surface area (Å²) in [6, 6.07) is 0. The van der Waals surface area contributed by atoms with Gasteiger partial charge in [0.05, 0.1) is 6.54 Å². The van der Waals surface area contributed by atoms with E-state index in [-0.39, 0.29) is 12.4 Å². The summed E-state index contributed by atoms with van der Waals surface area (Å²) < 4.78 is 5.06. The van der Waals surface area contributed by atoms with Crippen LogP contribution >= 0.6 is 0 Å². The van der Waals surface area contributed by atoms with Gasteiger partial charge in [-0.15, -0.1) is 0 Å². The van der Waals surface area contributed by atoms with E-state index in [9.17, 15) is 9.59 Å². The van der Waals surface area contributed by atoms with Crippen LogP contribution in [-0.2, 0) is 11.3 Å². The van der Waals surface area contributed by atoms with Gasteiger partial charge >= 0.3 is 5.76 Å². The molecule has 0 saturated carbocycles. The lowest BCUT2D eigenvalue weighted by Crippen LogP contribution is -2.14. The Bertz CT molecular complexity index is 284. The summed E-state index contributed by atoms with van der Waals surface area (Å²) in [5.74, 6) is -1.07. The van der Waals surface area contributed by atoms with Crippen molar-refractivity contribution in [3.63, 3.8) is 0 Å². The van der Waals surface area contributed by atoms with E-state index in [0.29, 0.717) is 6.29 Å². The van der Waals surface area contributed by atoms with Crippen LogP contribution in [0, 0.1) is 0 Å². The van der Waals surface area contributed by atoms with Gasteiger partial charge in [-0.25, -0.2) is 9.36 Å². The summed E-state index contributed by atoms with van der Waals surface area (Å²) in [4.78, 5) is 20.4. The van der Waals surface area contributed by atoms with E-state index in [1.54, 1.807) is 0 Å². The number of aromatic nitrogens is 1. The molecular weight excluding hydrogens is 138 g/mol. The van der Waals surface area contributed by atoms with Gasteiger partial charge < -0.3 is 14.3 Å². The number of carbonyl (C=O) groups excluding carboxylic acids is 1. The van der Waals surface area contributed by atoms with Crippen LogP contribution in [0.5, 0.6) is 5.88 Å². The minimum absolute atomic E-state index is 0.179. The molecule has 0 amide bonds. The third-order valence-corrected chi connectivity index (χ3v) is 1.02. The quantitative estimate of drug-likeness (QED) is 0.558. The second kappa shape index (κ2) is 2.38. The third-order valence-electron chi connectivity index (χ3n) is 1.02. The molecule has 0 spiro atoms. The Morgan fingerprint density at radius 2 is 2.50 bits per heavy atom. The van der Waals surface area contributed by atoms with E-state index >= 15 is 0 Å². The summed E-state index contributed by atoms with van der Waals surface area (Å²) in [7, 11) is 0. The van der Waals surface area contributed by atoms with Crippen LogP contribution in [0.2, 0.25) is 0 Å². The first-order valence-electron chi connectivity index (χ1n) is 2.56. The summed E-state index contributed by atoms with van der Waals surface area (Å²) in [5, 5.41) is 8.77. The molecule has 0 atom stereocenters. The van der Waals surface area contributed by atoms with Crippen LogP contribution in [-0.4, -0.2) is 16.0 Å². The zero-order chi connectivity index (χ0) is 7.56. The lowest BCUT2D eigenvalue weighted by Gasteiger charge is -1.90. The van der Waals surface area contributed by atoms with Gasteiger partial charge in [0.2, 0.25) is 5.88 Å². The molecule has 0 fully saturated rings. The summed E-state index contributed by atoms with van der Waals surface area (Å²) in [5.41, 5.74) is 0. The molecule has 5 heteroatoms. The minimum Gasteiger partial charge on any atom is -0.492 e.